The number of amides is 1. The van der Waals surface area contributed by atoms with Crippen LogP contribution in [0.3, 0.4) is 0 Å². The maximum atomic E-state index is 13.1. The van der Waals surface area contributed by atoms with E-state index in [0.717, 1.165) is 27.8 Å². The summed E-state index contributed by atoms with van der Waals surface area (Å²) in [4.78, 5) is 24.7. The highest BCUT2D eigenvalue weighted by Gasteiger charge is 2.46. The second-order valence-corrected chi connectivity index (χ2v) is 8.29. The lowest BCUT2D eigenvalue weighted by Crippen LogP contribution is -2.50. The number of H-pyrrole nitrogens is 1. The molecule has 0 atom stereocenters. The average Bonchev–Trinajstić information content (AvgIpc) is 3.49. The smallest absolute Gasteiger partial charge is 0.255 e. The van der Waals surface area contributed by atoms with E-state index in [0.29, 0.717) is 16.7 Å². The third-order valence-electron chi connectivity index (χ3n) is 5.95. The zero-order valence-electron chi connectivity index (χ0n) is 17.5. The number of aromatic amines is 1. The zero-order valence-corrected chi connectivity index (χ0v) is 17.5. The van der Waals surface area contributed by atoms with Gasteiger partial charge in [-0.1, -0.05) is 0 Å². The fourth-order valence-electron chi connectivity index (χ4n) is 4.30. The second-order valence-electron chi connectivity index (χ2n) is 8.29. The Labute approximate surface area is 185 Å². The summed E-state index contributed by atoms with van der Waals surface area (Å²) in [5.41, 5.74) is 4.86. The quantitative estimate of drug-likeness (QED) is 0.439. The molecule has 0 radical (unpaired) electrons. The van der Waals surface area contributed by atoms with Gasteiger partial charge in [-0.05, 0) is 17.7 Å². The van der Waals surface area contributed by atoms with Crippen molar-refractivity contribution in [3.8, 4) is 22.4 Å². The molecule has 1 aliphatic rings. The number of pyridine rings is 1. The molecule has 5 aromatic heterocycles. The van der Waals surface area contributed by atoms with Crippen molar-refractivity contribution in [1.29, 1.82) is 0 Å². The Bertz CT molecular complexity index is 1520. The van der Waals surface area contributed by atoms with Gasteiger partial charge in [-0.2, -0.15) is 10.2 Å². The van der Waals surface area contributed by atoms with Gasteiger partial charge in [0.25, 0.3) is 11.8 Å². The van der Waals surface area contributed by atoms with Crippen LogP contribution in [0.4, 0.5) is 8.78 Å². The molecule has 0 bridgehead atoms. The number of carbonyl (C=O) groups is 1. The standard InChI is InChI=1S/C22H18F2N8O/c1-31-10-13(7-28-31)19-18-15(8-25-20(18)27-11-26-19)12-2-3-32-17(4-12)16(9-29-32)21(33)30-14-5-22(23,24)6-14/h2-4,7-11,14H,5-6H2,1H3,(H,30,33)(H,25,26,27). The van der Waals surface area contributed by atoms with Crippen LogP contribution in [0.5, 0.6) is 0 Å². The van der Waals surface area contributed by atoms with Crippen LogP contribution in [-0.4, -0.2) is 52.2 Å². The summed E-state index contributed by atoms with van der Waals surface area (Å²) in [6, 6.07) is 3.20. The summed E-state index contributed by atoms with van der Waals surface area (Å²) in [6.07, 6.45) is 9.49. The summed E-state index contributed by atoms with van der Waals surface area (Å²) in [5.74, 6) is -3.11. The fraction of sp³-hybridized carbons (Fsp3) is 0.227. The number of carbonyl (C=O) groups excluding carboxylic acids is 1. The van der Waals surface area contributed by atoms with Crippen molar-refractivity contribution in [1.82, 2.24) is 39.7 Å². The van der Waals surface area contributed by atoms with E-state index in [4.69, 9.17) is 0 Å². The average molecular weight is 448 g/mol. The molecule has 166 valence electrons. The molecule has 5 heterocycles. The van der Waals surface area contributed by atoms with Gasteiger partial charge in [0.1, 0.15) is 12.0 Å². The number of alkyl halides is 2. The first-order chi connectivity index (χ1) is 15.9. The van der Waals surface area contributed by atoms with E-state index in [2.05, 4.69) is 30.5 Å². The topological polar surface area (TPSA) is 106 Å². The van der Waals surface area contributed by atoms with Gasteiger partial charge >= 0.3 is 0 Å². The molecule has 5 aromatic rings. The summed E-state index contributed by atoms with van der Waals surface area (Å²) < 4.78 is 29.6. The highest BCUT2D eigenvalue weighted by molar-refractivity contribution is 6.04. The third-order valence-corrected chi connectivity index (χ3v) is 5.95. The predicted molar refractivity (Wildman–Crippen MR) is 116 cm³/mol. The number of halogens is 2. The van der Waals surface area contributed by atoms with E-state index < -0.39 is 17.9 Å². The normalized spacial score (nSPS) is 15.7. The van der Waals surface area contributed by atoms with Crippen LogP contribution in [0.2, 0.25) is 0 Å². The molecular weight excluding hydrogens is 430 g/mol. The lowest BCUT2D eigenvalue weighted by molar-refractivity contribution is -0.0901. The van der Waals surface area contributed by atoms with Crippen LogP contribution in [0, 0.1) is 0 Å². The number of aromatic nitrogens is 7. The molecule has 0 spiro atoms. The zero-order chi connectivity index (χ0) is 22.7. The molecule has 1 saturated carbocycles. The number of nitrogens with zero attached hydrogens (tertiary/aromatic N) is 6. The SMILES string of the molecule is Cn1cc(-c2ncnc3[nH]cc(-c4ccn5ncc(C(=O)NC6CC(F)(F)C6)c5c4)c23)cn1. The van der Waals surface area contributed by atoms with E-state index in [1.807, 2.05) is 31.6 Å². The number of hydrogen-bond acceptors (Lipinski definition) is 5. The van der Waals surface area contributed by atoms with Gasteiger partial charge in [0, 0.05) is 55.6 Å². The Hall–Kier alpha value is -4.15. The van der Waals surface area contributed by atoms with E-state index in [1.54, 1.807) is 21.6 Å². The van der Waals surface area contributed by atoms with Gasteiger partial charge in [0.2, 0.25) is 0 Å². The van der Waals surface area contributed by atoms with Crippen LogP contribution in [0.15, 0.2) is 49.4 Å². The molecule has 6 rings (SSSR count). The molecule has 1 fully saturated rings. The predicted octanol–water partition coefficient (Wildman–Crippen LogP) is 3.20. The molecule has 9 nitrogen and oxygen atoms in total. The van der Waals surface area contributed by atoms with Crippen molar-refractivity contribution < 1.29 is 13.6 Å². The van der Waals surface area contributed by atoms with Gasteiger partial charge in [-0.3, -0.25) is 9.48 Å². The lowest BCUT2D eigenvalue weighted by atomic mass is 9.88. The molecule has 0 aliphatic heterocycles. The van der Waals surface area contributed by atoms with Crippen molar-refractivity contribution in [2.45, 2.75) is 24.8 Å². The summed E-state index contributed by atoms with van der Waals surface area (Å²) in [6.45, 7) is 0. The van der Waals surface area contributed by atoms with Gasteiger partial charge in [0.05, 0.1) is 34.6 Å². The summed E-state index contributed by atoms with van der Waals surface area (Å²) in [5, 5.41) is 12.0. The van der Waals surface area contributed by atoms with Crippen molar-refractivity contribution in [3.63, 3.8) is 0 Å². The molecule has 0 saturated heterocycles. The molecule has 33 heavy (non-hydrogen) atoms. The Morgan fingerprint density at radius 1 is 1.21 bits per heavy atom. The van der Waals surface area contributed by atoms with Gasteiger partial charge < -0.3 is 10.3 Å². The lowest BCUT2D eigenvalue weighted by Gasteiger charge is -2.35. The Morgan fingerprint density at radius 2 is 2.06 bits per heavy atom. The van der Waals surface area contributed by atoms with Crippen LogP contribution in [0.25, 0.3) is 38.9 Å². The van der Waals surface area contributed by atoms with Crippen molar-refractivity contribution in [2.24, 2.45) is 7.05 Å². The molecule has 0 unspecified atom stereocenters. The Kier molecular flexibility index (Phi) is 4.10. The minimum absolute atomic E-state index is 0.329. The number of hydrogen-bond donors (Lipinski definition) is 2. The number of aryl methyl sites for hydroxylation is 1. The number of nitrogens with one attached hydrogen (secondary N) is 2. The van der Waals surface area contributed by atoms with Crippen molar-refractivity contribution >= 4 is 22.5 Å². The molecule has 1 aliphatic carbocycles. The van der Waals surface area contributed by atoms with Crippen LogP contribution in [0.1, 0.15) is 23.2 Å². The summed E-state index contributed by atoms with van der Waals surface area (Å²) in [7, 11) is 1.84. The van der Waals surface area contributed by atoms with Crippen LogP contribution >= 0.6 is 0 Å². The van der Waals surface area contributed by atoms with E-state index >= 15 is 0 Å². The minimum atomic E-state index is -2.70. The summed E-state index contributed by atoms with van der Waals surface area (Å²) >= 11 is 0. The van der Waals surface area contributed by atoms with Crippen LogP contribution < -0.4 is 5.32 Å². The monoisotopic (exact) mass is 448 g/mol. The first kappa shape index (κ1) is 19.5. The van der Waals surface area contributed by atoms with Crippen LogP contribution in [-0.2, 0) is 7.05 Å². The number of rotatable bonds is 4. The molecule has 11 heteroatoms. The maximum Gasteiger partial charge on any atom is 0.255 e. The second kappa shape index (κ2) is 6.92. The molecule has 1 amide bonds. The Balaban J connectivity index is 1.41. The minimum Gasteiger partial charge on any atom is -0.349 e. The van der Waals surface area contributed by atoms with E-state index in [-0.39, 0.29) is 12.8 Å². The van der Waals surface area contributed by atoms with E-state index in [1.165, 1.54) is 12.5 Å². The molecule has 0 aromatic carbocycles. The van der Waals surface area contributed by atoms with E-state index in [9.17, 15) is 13.6 Å². The highest BCUT2D eigenvalue weighted by atomic mass is 19.3. The third kappa shape index (κ3) is 3.23. The van der Waals surface area contributed by atoms with Crippen molar-refractivity contribution in [3.05, 3.63) is 55.0 Å². The molecular formula is C22H18F2N8O. The van der Waals surface area contributed by atoms with Gasteiger partial charge in [0.15, 0.2) is 0 Å². The van der Waals surface area contributed by atoms with Gasteiger partial charge in [-0.25, -0.2) is 23.3 Å². The maximum absolute atomic E-state index is 13.1. The Morgan fingerprint density at radius 3 is 2.82 bits per heavy atom. The van der Waals surface area contributed by atoms with Gasteiger partial charge in [-0.15, -0.1) is 0 Å². The molecule has 2 N–H and O–H groups in total. The first-order valence-electron chi connectivity index (χ1n) is 10.4. The first-order valence-corrected chi connectivity index (χ1v) is 10.4. The largest absolute Gasteiger partial charge is 0.349 e. The van der Waals surface area contributed by atoms with Crippen molar-refractivity contribution in [2.75, 3.05) is 0 Å². The highest BCUT2D eigenvalue weighted by Crippen LogP contribution is 2.38. The fourth-order valence-corrected chi connectivity index (χ4v) is 4.30. The number of fused-ring (bicyclic) bond motifs is 2.